The lowest BCUT2D eigenvalue weighted by molar-refractivity contribution is 0.597. The number of nitrogens with zero attached hydrogens (tertiary/aromatic N) is 3. The molecule has 84 valence electrons. The van der Waals surface area contributed by atoms with Gasteiger partial charge in [-0.05, 0) is 35.1 Å². The van der Waals surface area contributed by atoms with E-state index in [-0.39, 0.29) is 5.82 Å². The second-order valence-corrected chi connectivity index (χ2v) is 4.09. The fraction of sp³-hybridized carbons (Fsp3) is 0.200. The van der Waals surface area contributed by atoms with Crippen LogP contribution in [-0.4, -0.2) is 22.0 Å². The number of nitrogens with one attached hydrogen (secondary N) is 1. The van der Waals surface area contributed by atoms with E-state index >= 15 is 0 Å². The van der Waals surface area contributed by atoms with Crippen molar-refractivity contribution < 1.29 is 4.39 Å². The van der Waals surface area contributed by atoms with E-state index in [1.165, 1.54) is 10.7 Å². The maximum Gasteiger partial charge on any atom is 0.150 e. The molecule has 0 spiro atoms. The smallest absolute Gasteiger partial charge is 0.150 e. The van der Waals surface area contributed by atoms with Crippen molar-refractivity contribution in [2.24, 2.45) is 0 Å². The van der Waals surface area contributed by atoms with Crippen molar-refractivity contribution in [1.82, 2.24) is 20.3 Å². The lowest BCUT2D eigenvalue weighted by Gasteiger charge is -2.08. The van der Waals surface area contributed by atoms with Crippen LogP contribution in [0.3, 0.4) is 0 Å². The fourth-order valence-corrected chi connectivity index (χ4v) is 1.95. The zero-order chi connectivity index (χ0) is 11.5. The van der Waals surface area contributed by atoms with Gasteiger partial charge in [0, 0.05) is 11.0 Å². The van der Waals surface area contributed by atoms with Gasteiger partial charge in [0.2, 0.25) is 0 Å². The number of aromatic nitrogens is 3. The van der Waals surface area contributed by atoms with Crippen LogP contribution in [0, 0.1) is 5.82 Å². The minimum absolute atomic E-state index is 0.336. The molecule has 4 nitrogen and oxygen atoms in total. The first-order valence-electron chi connectivity index (χ1n) is 4.72. The molecule has 1 heterocycles. The first-order chi connectivity index (χ1) is 7.74. The average molecular weight is 285 g/mol. The molecule has 1 N–H and O–H groups in total. The third-order valence-electron chi connectivity index (χ3n) is 2.13. The number of para-hydroxylation sites is 1. The van der Waals surface area contributed by atoms with Gasteiger partial charge in [-0.15, -0.1) is 5.10 Å². The van der Waals surface area contributed by atoms with E-state index in [9.17, 15) is 4.39 Å². The molecule has 0 amide bonds. The first kappa shape index (κ1) is 11.2. The predicted octanol–water partition coefficient (Wildman–Crippen LogP) is 1.89. The number of hydrogen-bond donors (Lipinski definition) is 1. The van der Waals surface area contributed by atoms with Gasteiger partial charge >= 0.3 is 0 Å². The van der Waals surface area contributed by atoms with Crippen molar-refractivity contribution >= 4 is 15.9 Å². The molecule has 0 aliphatic rings. The van der Waals surface area contributed by atoms with Crippen molar-refractivity contribution in [3.8, 4) is 5.69 Å². The third kappa shape index (κ3) is 1.98. The summed E-state index contributed by atoms with van der Waals surface area (Å²) in [5, 5.41) is 10.6. The monoisotopic (exact) mass is 284 g/mol. The molecule has 0 saturated carbocycles. The molecule has 0 saturated heterocycles. The molecule has 0 bridgehead atoms. The summed E-state index contributed by atoms with van der Waals surface area (Å²) < 4.78 is 15.8. The van der Waals surface area contributed by atoms with Gasteiger partial charge in [0.15, 0.2) is 0 Å². The average Bonchev–Trinajstić information content (AvgIpc) is 2.67. The molecule has 0 atom stereocenters. The van der Waals surface area contributed by atoms with Gasteiger partial charge in [0.25, 0.3) is 0 Å². The van der Waals surface area contributed by atoms with Crippen LogP contribution in [0.25, 0.3) is 5.69 Å². The molecule has 1 aromatic carbocycles. The summed E-state index contributed by atoms with van der Waals surface area (Å²) in [6.45, 7) is 0.577. The van der Waals surface area contributed by atoms with Gasteiger partial charge in [-0.25, -0.2) is 9.07 Å². The van der Waals surface area contributed by atoms with Crippen LogP contribution in [0.15, 0.2) is 28.9 Å². The van der Waals surface area contributed by atoms with E-state index in [1.54, 1.807) is 18.3 Å². The number of benzene rings is 1. The predicted molar refractivity (Wildman–Crippen MR) is 61.8 cm³/mol. The largest absolute Gasteiger partial charge is 0.314 e. The molecule has 0 aliphatic heterocycles. The Balaban J connectivity index is 2.54. The summed E-state index contributed by atoms with van der Waals surface area (Å²) in [5.41, 5.74) is 1.18. The third-order valence-corrected chi connectivity index (χ3v) is 2.77. The van der Waals surface area contributed by atoms with Gasteiger partial charge in [0.05, 0.1) is 11.9 Å². The minimum atomic E-state index is -0.336. The van der Waals surface area contributed by atoms with E-state index in [0.29, 0.717) is 16.7 Å². The van der Waals surface area contributed by atoms with Gasteiger partial charge in [-0.3, -0.25) is 0 Å². The molecule has 6 heteroatoms. The molecular weight excluding hydrogens is 275 g/mol. The molecule has 0 radical (unpaired) electrons. The zero-order valence-electron chi connectivity index (χ0n) is 8.61. The van der Waals surface area contributed by atoms with Crippen molar-refractivity contribution in [3.63, 3.8) is 0 Å². The van der Waals surface area contributed by atoms with Crippen LogP contribution in [0.4, 0.5) is 4.39 Å². The van der Waals surface area contributed by atoms with Crippen LogP contribution in [-0.2, 0) is 6.54 Å². The Morgan fingerprint density at radius 3 is 3.00 bits per heavy atom. The topological polar surface area (TPSA) is 42.7 Å². The van der Waals surface area contributed by atoms with E-state index in [0.717, 1.165) is 5.69 Å². The first-order valence-corrected chi connectivity index (χ1v) is 5.52. The van der Waals surface area contributed by atoms with Crippen LogP contribution < -0.4 is 5.32 Å². The van der Waals surface area contributed by atoms with E-state index in [4.69, 9.17) is 0 Å². The molecule has 2 rings (SSSR count). The summed E-state index contributed by atoms with van der Waals surface area (Å²) in [5.74, 6) is -0.336. The Morgan fingerprint density at radius 2 is 2.31 bits per heavy atom. The maximum absolute atomic E-state index is 13.7. The van der Waals surface area contributed by atoms with Crippen LogP contribution in [0.5, 0.6) is 0 Å². The summed E-state index contributed by atoms with van der Waals surface area (Å²) in [7, 11) is 1.81. The number of rotatable bonds is 3. The SMILES string of the molecule is CNCc1cnnn1-c1c(F)cccc1Br. The molecule has 0 aliphatic carbocycles. The second-order valence-electron chi connectivity index (χ2n) is 3.24. The second kappa shape index (κ2) is 4.71. The minimum Gasteiger partial charge on any atom is -0.314 e. The Bertz CT molecular complexity index is 477. The molecule has 1 aromatic heterocycles. The standard InChI is InChI=1S/C10H10BrFN4/c1-13-5-7-6-14-15-16(7)10-8(11)3-2-4-9(10)12/h2-4,6,13H,5H2,1H3. The highest BCUT2D eigenvalue weighted by molar-refractivity contribution is 9.10. The van der Waals surface area contributed by atoms with Crippen LogP contribution in [0.2, 0.25) is 0 Å². The summed E-state index contributed by atoms with van der Waals surface area (Å²) in [6.07, 6.45) is 1.61. The van der Waals surface area contributed by atoms with E-state index < -0.39 is 0 Å². The lowest BCUT2D eigenvalue weighted by atomic mass is 10.3. The van der Waals surface area contributed by atoms with Crippen molar-refractivity contribution in [3.05, 3.63) is 40.4 Å². The highest BCUT2D eigenvalue weighted by atomic mass is 79.9. The molecule has 0 fully saturated rings. The van der Waals surface area contributed by atoms with Gasteiger partial charge in [0.1, 0.15) is 11.5 Å². The summed E-state index contributed by atoms with van der Waals surface area (Å²) >= 11 is 3.30. The molecule has 0 unspecified atom stereocenters. The quantitative estimate of drug-likeness (QED) is 0.936. The lowest BCUT2D eigenvalue weighted by Crippen LogP contribution is -2.12. The number of halogens is 2. The maximum atomic E-state index is 13.7. The van der Waals surface area contributed by atoms with Crippen molar-refractivity contribution in [2.45, 2.75) is 6.54 Å². The van der Waals surface area contributed by atoms with Gasteiger partial charge < -0.3 is 5.32 Å². The Kier molecular flexibility index (Phi) is 3.31. The van der Waals surface area contributed by atoms with E-state index in [2.05, 4.69) is 31.6 Å². The Morgan fingerprint density at radius 1 is 1.50 bits per heavy atom. The Labute approximate surface area is 101 Å². The molecular formula is C10H10BrFN4. The van der Waals surface area contributed by atoms with Gasteiger partial charge in [-0.2, -0.15) is 0 Å². The van der Waals surface area contributed by atoms with Gasteiger partial charge in [-0.1, -0.05) is 11.3 Å². The summed E-state index contributed by atoms with van der Waals surface area (Å²) in [6, 6.07) is 4.80. The highest BCUT2D eigenvalue weighted by Crippen LogP contribution is 2.24. The zero-order valence-corrected chi connectivity index (χ0v) is 10.2. The highest BCUT2D eigenvalue weighted by Gasteiger charge is 2.13. The normalized spacial score (nSPS) is 10.7. The fourth-order valence-electron chi connectivity index (χ4n) is 1.44. The summed E-state index contributed by atoms with van der Waals surface area (Å²) in [4.78, 5) is 0. The van der Waals surface area contributed by atoms with E-state index in [1.807, 2.05) is 7.05 Å². The molecule has 16 heavy (non-hydrogen) atoms. The van der Waals surface area contributed by atoms with Crippen LogP contribution in [0.1, 0.15) is 5.69 Å². The van der Waals surface area contributed by atoms with Crippen LogP contribution >= 0.6 is 15.9 Å². The van der Waals surface area contributed by atoms with Crippen molar-refractivity contribution in [1.29, 1.82) is 0 Å². The molecule has 2 aromatic rings. The number of hydrogen-bond acceptors (Lipinski definition) is 3. The van der Waals surface area contributed by atoms with Crippen molar-refractivity contribution in [2.75, 3.05) is 7.05 Å². The Hall–Kier alpha value is -1.27.